The van der Waals surface area contributed by atoms with Gasteiger partial charge in [-0.2, -0.15) is 0 Å². The van der Waals surface area contributed by atoms with Gasteiger partial charge in [-0.3, -0.25) is 9.32 Å². The third-order valence-electron chi connectivity index (χ3n) is 4.18. The minimum Gasteiger partial charge on any atom is -0.397 e. The van der Waals surface area contributed by atoms with Gasteiger partial charge in [0, 0.05) is 10.9 Å². The zero-order valence-electron chi connectivity index (χ0n) is 14.1. The number of hydrogen-bond donors (Lipinski definition) is 2. The molecule has 0 radical (unpaired) electrons. The summed E-state index contributed by atoms with van der Waals surface area (Å²) in [5, 5.41) is 3.04. The van der Waals surface area contributed by atoms with Crippen LogP contribution in [0.4, 0.5) is 5.69 Å². The van der Waals surface area contributed by atoms with Crippen molar-refractivity contribution in [1.29, 1.82) is 0 Å². The highest BCUT2D eigenvalue weighted by molar-refractivity contribution is 7.21. The van der Waals surface area contributed by atoms with E-state index >= 15 is 0 Å². The largest absolute Gasteiger partial charge is 0.438 e. The third kappa shape index (κ3) is 2.42. The zero-order valence-corrected chi connectivity index (χ0v) is 14.9. The second-order valence-corrected chi connectivity index (χ2v) is 6.93. The van der Waals surface area contributed by atoms with E-state index in [4.69, 9.17) is 10.7 Å². The molecule has 0 bridgehead atoms. The van der Waals surface area contributed by atoms with E-state index in [0.717, 1.165) is 16.8 Å². The lowest BCUT2D eigenvalue weighted by Crippen LogP contribution is -2.39. The van der Waals surface area contributed by atoms with Crippen molar-refractivity contribution in [3.05, 3.63) is 63.0 Å². The normalized spacial score (nSPS) is 11.2. The number of aromatic amines is 1. The van der Waals surface area contributed by atoms with Gasteiger partial charge in [0.25, 0.3) is 5.78 Å². The van der Waals surface area contributed by atoms with E-state index in [-0.39, 0.29) is 10.6 Å². The summed E-state index contributed by atoms with van der Waals surface area (Å²) in [6.07, 6.45) is 0. The number of thiophene rings is 1. The van der Waals surface area contributed by atoms with Crippen molar-refractivity contribution < 1.29 is 14.0 Å². The molecule has 0 saturated carbocycles. The van der Waals surface area contributed by atoms with Gasteiger partial charge in [0.05, 0.1) is 11.4 Å². The topological polar surface area (TPSA) is 106 Å². The SMILES string of the molecule is Cc1cc2c(N)c(C(=O)c3c(=O)o[nH][n+]3C)sc2nc1-c1ccccc1. The lowest BCUT2D eigenvalue weighted by molar-refractivity contribution is -0.741. The Kier molecular flexibility index (Phi) is 3.69. The van der Waals surface area contributed by atoms with Crippen LogP contribution in [0, 0.1) is 6.92 Å². The van der Waals surface area contributed by atoms with Gasteiger partial charge in [-0.25, -0.2) is 9.78 Å². The molecule has 3 N–H and O–H groups in total. The van der Waals surface area contributed by atoms with Crippen molar-refractivity contribution in [2.75, 3.05) is 5.73 Å². The second-order valence-electron chi connectivity index (χ2n) is 5.94. The smallest absolute Gasteiger partial charge is 0.397 e. The summed E-state index contributed by atoms with van der Waals surface area (Å²) in [6, 6.07) is 11.7. The fraction of sp³-hybridized carbons (Fsp3) is 0.111. The molecule has 0 atom stereocenters. The van der Waals surface area contributed by atoms with E-state index < -0.39 is 11.4 Å². The number of fused-ring (bicyclic) bond motifs is 1. The van der Waals surface area contributed by atoms with E-state index in [1.807, 2.05) is 43.3 Å². The second kappa shape index (κ2) is 5.92. The number of nitrogens with two attached hydrogens (primary N) is 1. The van der Waals surface area contributed by atoms with E-state index in [9.17, 15) is 9.59 Å². The van der Waals surface area contributed by atoms with Crippen LogP contribution in [0.3, 0.4) is 0 Å². The van der Waals surface area contributed by atoms with Crippen LogP contribution in [-0.2, 0) is 7.05 Å². The summed E-state index contributed by atoms with van der Waals surface area (Å²) in [6.45, 7) is 1.95. The summed E-state index contributed by atoms with van der Waals surface area (Å²) in [5.41, 5.74) is 8.47. The number of carbonyl (C=O) groups is 1. The number of aromatic nitrogens is 3. The molecular formula is C18H15N4O3S+. The minimum absolute atomic E-state index is 0.108. The van der Waals surface area contributed by atoms with Crippen molar-refractivity contribution in [3.8, 4) is 11.3 Å². The van der Waals surface area contributed by atoms with E-state index in [2.05, 4.69) is 9.79 Å². The molecule has 0 aliphatic heterocycles. The Bertz CT molecular complexity index is 1200. The van der Waals surface area contributed by atoms with Crippen LogP contribution in [0.15, 0.2) is 45.7 Å². The monoisotopic (exact) mass is 367 g/mol. The highest BCUT2D eigenvalue weighted by Gasteiger charge is 2.31. The van der Waals surface area contributed by atoms with E-state index in [1.165, 1.54) is 23.1 Å². The maximum Gasteiger partial charge on any atom is 0.438 e. The van der Waals surface area contributed by atoms with Gasteiger partial charge in [-0.1, -0.05) is 35.0 Å². The Morgan fingerprint density at radius 1 is 1.31 bits per heavy atom. The molecular weight excluding hydrogens is 352 g/mol. The molecule has 26 heavy (non-hydrogen) atoms. The van der Waals surface area contributed by atoms with Gasteiger partial charge in [0.15, 0.2) is 7.05 Å². The number of H-pyrrole nitrogens is 1. The molecule has 0 aliphatic rings. The molecule has 0 amide bonds. The van der Waals surface area contributed by atoms with E-state index in [1.54, 1.807) is 0 Å². The number of ketones is 1. The third-order valence-corrected chi connectivity index (χ3v) is 5.30. The minimum atomic E-state index is -0.733. The summed E-state index contributed by atoms with van der Waals surface area (Å²) >= 11 is 1.17. The highest BCUT2D eigenvalue weighted by atomic mass is 32.1. The summed E-state index contributed by atoms with van der Waals surface area (Å²) in [7, 11) is 1.53. The number of nitrogens with one attached hydrogen (secondary N) is 1. The Hall–Kier alpha value is -3.26. The first kappa shape index (κ1) is 16.2. The van der Waals surface area contributed by atoms with Crippen LogP contribution in [0.5, 0.6) is 0 Å². The van der Waals surface area contributed by atoms with Crippen LogP contribution in [0.25, 0.3) is 21.5 Å². The van der Waals surface area contributed by atoms with Gasteiger partial charge in [-0.05, 0) is 23.8 Å². The van der Waals surface area contributed by atoms with Crippen molar-refractivity contribution in [2.24, 2.45) is 7.05 Å². The number of nitrogens with zero attached hydrogens (tertiary/aromatic N) is 2. The summed E-state index contributed by atoms with van der Waals surface area (Å²) in [5.74, 6) is -0.484. The molecule has 0 unspecified atom stereocenters. The van der Waals surface area contributed by atoms with Gasteiger partial charge in [0.1, 0.15) is 9.71 Å². The predicted molar refractivity (Wildman–Crippen MR) is 98.1 cm³/mol. The van der Waals surface area contributed by atoms with Crippen molar-refractivity contribution >= 4 is 33.0 Å². The lowest BCUT2D eigenvalue weighted by atomic mass is 10.1. The molecule has 0 saturated heterocycles. The first-order chi connectivity index (χ1) is 12.5. The highest BCUT2D eigenvalue weighted by Crippen LogP contribution is 2.36. The molecule has 3 aromatic heterocycles. The number of benzene rings is 1. The molecule has 8 heteroatoms. The number of aryl methyl sites for hydroxylation is 2. The van der Waals surface area contributed by atoms with Crippen LogP contribution in [-0.4, -0.2) is 16.0 Å². The Balaban J connectivity index is 1.90. The standard InChI is InChI=1S/C18H14N4O3S/c1-9-8-11-12(19)16(15(23)14-18(24)25-21-22(14)2)26-17(11)20-13(9)10-6-4-3-5-7-10/h3-8H,1-2H3,(H2-,19,21,23,24)/p+1. The Morgan fingerprint density at radius 3 is 2.69 bits per heavy atom. The zero-order chi connectivity index (χ0) is 18.4. The first-order valence-corrected chi connectivity index (χ1v) is 8.66. The number of anilines is 1. The molecule has 1 aromatic carbocycles. The van der Waals surface area contributed by atoms with Gasteiger partial charge in [-0.15, -0.1) is 11.3 Å². The van der Waals surface area contributed by atoms with Crippen LogP contribution in [0.1, 0.15) is 20.9 Å². The van der Waals surface area contributed by atoms with Crippen molar-refractivity contribution in [1.82, 2.24) is 10.3 Å². The van der Waals surface area contributed by atoms with Gasteiger partial charge >= 0.3 is 11.3 Å². The molecule has 0 fully saturated rings. The fourth-order valence-corrected chi connectivity index (χ4v) is 3.91. The van der Waals surface area contributed by atoms with Crippen molar-refractivity contribution in [3.63, 3.8) is 0 Å². The number of pyridine rings is 1. The number of carbonyl (C=O) groups excluding carboxylic acids is 1. The van der Waals surface area contributed by atoms with Crippen LogP contribution >= 0.6 is 11.3 Å². The predicted octanol–water partition coefficient (Wildman–Crippen LogP) is 2.19. The van der Waals surface area contributed by atoms with Gasteiger partial charge < -0.3 is 5.73 Å². The molecule has 4 aromatic rings. The molecule has 0 aliphatic carbocycles. The molecule has 4 rings (SSSR count). The first-order valence-electron chi connectivity index (χ1n) is 7.84. The van der Waals surface area contributed by atoms with Crippen LogP contribution < -0.4 is 16.0 Å². The van der Waals surface area contributed by atoms with E-state index in [0.29, 0.717) is 15.9 Å². The molecule has 130 valence electrons. The Morgan fingerprint density at radius 2 is 2.04 bits per heavy atom. The lowest BCUT2D eigenvalue weighted by Gasteiger charge is -2.05. The number of rotatable bonds is 3. The quantitative estimate of drug-likeness (QED) is 0.426. The maximum atomic E-state index is 12.8. The van der Waals surface area contributed by atoms with Crippen LogP contribution in [0.2, 0.25) is 0 Å². The summed E-state index contributed by atoms with van der Waals surface area (Å²) in [4.78, 5) is 30.2. The Labute approximate surface area is 151 Å². The molecule has 0 spiro atoms. The number of nitrogen functional groups attached to an aromatic ring is 1. The van der Waals surface area contributed by atoms with Crippen molar-refractivity contribution in [2.45, 2.75) is 6.92 Å². The molecule has 7 nitrogen and oxygen atoms in total. The molecule has 3 heterocycles. The maximum absolute atomic E-state index is 12.8. The van der Waals surface area contributed by atoms with Gasteiger partial charge in [0.2, 0.25) is 0 Å². The number of hydrogen-bond acceptors (Lipinski definition) is 6. The summed E-state index contributed by atoms with van der Waals surface area (Å²) < 4.78 is 5.90. The fourth-order valence-electron chi connectivity index (χ4n) is 2.89. The average Bonchev–Trinajstić information content (AvgIpc) is 3.14. The average molecular weight is 367 g/mol.